The zero-order valence-electron chi connectivity index (χ0n) is 18.5. The summed E-state index contributed by atoms with van der Waals surface area (Å²) in [7, 11) is 1.59. The van der Waals surface area contributed by atoms with E-state index in [0.717, 1.165) is 16.4 Å². The van der Waals surface area contributed by atoms with Crippen LogP contribution in [0.25, 0.3) is 55.1 Å². The van der Waals surface area contributed by atoms with Crippen molar-refractivity contribution in [3.8, 4) is 17.0 Å². The van der Waals surface area contributed by atoms with E-state index in [2.05, 4.69) is 4.98 Å². The smallest absolute Gasteiger partial charge is 0.178 e. The third-order valence-corrected chi connectivity index (χ3v) is 5.38. The molecule has 0 aliphatic rings. The van der Waals surface area contributed by atoms with Crippen LogP contribution in [0.1, 0.15) is 9.68 Å². The lowest BCUT2D eigenvalue weighted by molar-refractivity contribution is 0.414. The fourth-order valence-electron chi connectivity index (χ4n) is 4.01. The van der Waals surface area contributed by atoms with Gasteiger partial charge in [-0.2, -0.15) is 0 Å². The Morgan fingerprint density at radius 1 is 0.862 bits per heavy atom. The van der Waals surface area contributed by atoms with Crippen molar-refractivity contribution in [1.29, 1.82) is 0 Å². The van der Waals surface area contributed by atoms with Crippen molar-refractivity contribution in [3.05, 3.63) is 72.4 Å². The molecule has 0 amide bonds. The molecule has 0 saturated carbocycles. The third-order valence-electron chi connectivity index (χ3n) is 5.38. The molecule has 0 spiro atoms. The van der Waals surface area contributed by atoms with Crippen LogP contribution in [0.15, 0.2) is 75.7 Å². The molecule has 0 aliphatic heterocycles. The summed E-state index contributed by atoms with van der Waals surface area (Å²) in [6.45, 7) is -2.31. The highest BCUT2D eigenvalue weighted by molar-refractivity contribution is 6.20. The minimum atomic E-state index is -2.31. The number of nitrogens with zero attached hydrogens (tertiary/aromatic N) is 1. The number of hydrogen-bond donors (Lipinski definition) is 0. The number of aryl methyl sites for hydroxylation is 1. The minimum Gasteiger partial charge on any atom is -0.497 e. The van der Waals surface area contributed by atoms with E-state index in [4.69, 9.17) is 17.7 Å². The molecule has 140 valence electrons. The molecular weight excluding hydrogens is 362 g/mol. The zero-order chi connectivity index (χ0) is 22.0. The summed E-state index contributed by atoms with van der Waals surface area (Å²) in [5.74, 6) is 0.652. The van der Waals surface area contributed by atoms with Gasteiger partial charge in [0, 0.05) is 43.5 Å². The second-order valence-corrected chi connectivity index (χ2v) is 6.96. The third kappa shape index (κ3) is 2.23. The summed E-state index contributed by atoms with van der Waals surface area (Å²) in [5.41, 5.74) is 3.88. The van der Waals surface area contributed by atoms with Gasteiger partial charge in [-0.15, -0.1) is 0 Å². The van der Waals surface area contributed by atoms with Crippen LogP contribution in [0, 0.1) is 6.85 Å². The van der Waals surface area contributed by atoms with Crippen LogP contribution in [0.2, 0.25) is 0 Å². The second kappa shape index (κ2) is 5.85. The Balaban J connectivity index is 1.78. The van der Waals surface area contributed by atoms with E-state index < -0.39 is 6.85 Å². The van der Waals surface area contributed by atoms with Crippen LogP contribution < -0.4 is 4.74 Å². The van der Waals surface area contributed by atoms with Gasteiger partial charge in [-0.25, -0.2) is 0 Å². The predicted octanol–water partition coefficient (Wildman–Crippen LogP) is 6.86. The maximum Gasteiger partial charge on any atom is 0.178 e. The first-order valence-electron chi connectivity index (χ1n) is 10.8. The van der Waals surface area contributed by atoms with E-state index in [9.17, 15) is 0 Å². The molecule has 0 radical (unpaired) electrons. The largest absolute Gasteiger partial charge is 0.497 e. The van der Waals surface area contributed by atoms with Gasteiger partial charge in [-0.1, -0.05) is 24.3 Å². The Bertz CT molecular complexity index is 1660. The quantitative estimate of drug-likeness (QED) is 0.328. The normalized spacial score (nSPS) is 13.8. The molecule has 0 fully saturated rings. The average molecular weight is 382 g/mol. The lowest BCUT2D eigenvalue weighted by Crippen LogP contribution is -1.88. The van der Waals surface area contributed by atoms with Gasteiger partial charge in [0.2, 0.25) is 0 Å². The van der Waals surface area contributed by atoms with Gasteiger partial charge in [-0.3, -0.25) is 4.98 Å². The molecule has 0 saturated heterocycles. The van der Waals surface area contributed by atoms with Crippen molar-refractivity contribution in [1.82, 2.24) is 4.98 Å². The molecule has 0 unspecified atom stereocenters. The van der Waals surface area contributed by atoms with Crippen molar-refractivity contribution in [2.24, 2.45) is 0 Å². The number of rotatable bonds is 2. The molecule has 4 nitrogen and oxygen atoms in total. The summed E-state index contributed by atoms with van der Waals surface area (Å²) in [6.07, 6.45) is 1.65. The molecule has 6 rings (SSSR count). The Kier molecular flexibility index (Phi) is 2.70. The monoisotopic (exact) mass is 382 g/mol. The lowest BCUT2D eigenvalue weighted by atomic mass is 10.0. The van der Waals surface area contributed by atoms with Crippen LogP contribution in [0.3, 0.4) is 0 Å². The molecule has 3 aromatic heterocycles. The molecule has 3 aromatic carbocycles. The van der Waals surface area contributed by atoms with Gasteiger partial charge in [-0.05, 0) is 42.7 Å². The fraction of sp³-hybridized carbons (Fsp3) is 0.0800. The molecular formula is C25H17NO3. The maximum absolute atomic E-state index is 8.09. The molecule has 0 aliphatic carbocycles. The number of fused-ring (bicyclic) bond motifs is 7. The zero-order valence-corrected chi connectivity index (χ0v) is 15.5. The molecule has 0 N–H and O–H groups in total. The van der Waals surface area contributed by atoms with Crippen molar-refractivity contribution in [3.63, 3.8) is 0 Å². The number of aromatic nitrogens is 1. The first kappa shape index (κ1) is 13.4. The van der Waals surface area contributed by atoms with Gasteiger partial charge in [0.1, 0.15) is 16.9 Å². The van der Waals surface area contributed by atoms with Gasteiger partial charge < -0.3 is 13.6 Å². The predicted molar refractivity (Wildman–Crippen MR) is 116 cm³/mol. The topological polar surface area (TPSA) is 48.4 Å². The first-order chi connectivity index (χ1) is 15.5. The Morgan fingerprint density at radius 3 is 2.62 bits per heavy atom. The Labute approximate surface area is 170 Å². The first-order valence-corrected chi connectivity index (χ1v) is 9.26. The maximum atomic E-state index is 8.09. The van der Waals surface area contributed by atoms with Crippen molar-refractivity contribution in [2.75, 3.05) is 7.11 Å². The van der Waals surface area contributed by atoms with Gasteiger partial charge in [0.05, 0.1) is 12.8 Å². The van der Waals surface area contributed by atoms with E-state index in [1.807, 2.05) is 36.4 Å². The highest BCUT2D eigenvalue weighted by Gasteiger charge is 2.19. The van der Waals surface area contributed by atoms with Crippen LogP contribution in [0.5, 0.6) is 5.75 Å². The molecule has 4 heteroatoms. The Morgan fingerprint density at radius 2 is 1.72 bits per heavy atom. The minimum absolute atomic E-state index is 0.230. The van der Waals surface area contributed by atoms with Crippen LogP contribution in [-0.4, -0.2) is 12.1 Å². The number of ether oxygens (including phenoxy) is 1. The molecule has 3 heterocycles. The number of pyridine rings is 1. The van der Waals surface area contributed by atoms with E-state index >= 15 is 0 Å². The van der Waals surface area contributed by atoms with Crippen molar-refractivity contribution < 1.29 is 17.7 Å². The number of benzene rings is 3. The Hall–Kier alpha value is -3.79. The number of hydrogen-bond acceptors (Lipinski definition) is 4. The van der Waals surface area contributed by atoms with Gasteiger partial charge >= 0.3 is 0 Å². The van der Waals surface area contributed by atoms with E-state index in [1.165, 1.54) is 0 Å². The van der Waals surface area contributed by atoms with E-state index in [-0.39, 0.29) is 5.56 Å². The highest BCUT2D eigenvalue weighted by Crippen LogP contribution is 2.42. The molecule has 0 atom stereocenters. The summed E-state index contributed by atoms with van der Waals surface area (Å²) in [4.78, 5) is 4.46. The van der Waals surface area contributed by atoms with Crippen LogP contribution in [0.4, 0.5) is 0 Å². The summed E-state index contributed by atoms with van der Waals surface area (Å²) >= 11 is 0. The highest BCUT2D eigenvalue weighted by atomic mass is 16.5. The van der Waals surface area contributed by atoms with E-state index in [0.29, 0.717) is 44.5 Å². The van der Waals surface area contributed by atoms with Crippen molar-refractivity contribution >= 4 is 43.9 Å². The average Bonchev–Trinajstić information content (AvgIpc) is 3.36. The SMILES string of the molecule is [2H]C([2H])([2H])c1ccc(-c2cc(OC)ccn2)c2oc3c(ccc4c5ccccc5oc43)c12. The summed E-state index contributed by atoms with van der Waals surface area (Å²) in [6, 6.07) is 18.6. The fourth-order valence-corrected chi connectivity index (χ4v) is 4.01. The standard InChI is InChI=1S/C25H17NO3/c1-14-7-8-18(20-13-15(27-2)11-12-26-20)23-22(14)19-10-9-17-16-5-3-4-6-21(16)28-24(17)25(19)29-23/h3-13H,1-2H3/i1D3. The summed E-state index contributed by atoms with van der Waals surface area (Å²) < 4.78 is 42.1. The second-order valence-electron chi connectivity index (χ2n) is 6.96. The number of para-hydroxylation sites is 1. The number of methoxy groups -OCH3 is 1. The molecule has 0 bridgehead atoms. The summed E-state index contributed by atoms with van der Waals surface area (Å²) in [5, 5.41) is 3.14. The van der Waals surface area contributed by atoms with Gasteiger partial charge in [0.25, 0.3) is 0 Å². The van der Waals surface area contributed by atoms with Crippen LogP contribution >= 0.6 is 0 Å². The van der Waals surface area contributed by atoms with Crippen molar-refractivity contribution in [2.45, 2.75) is 6.85 Å². The molecule has 6 aromatic rings. The number of furan rings is 2. The van der Waals surface area contributed by atoms with Gasteiger partial charge in [0.15, 0.2) is 11.2 Å². The molecule has 29 heavy (non-hydrogen) atoms. The lowest BCUT2D eigenvalue weighted by Gasteiger charge is -2.06. The van der Waals surface area contributed by atoms with Crippen LogP contribution in [-0.2, 0) is 0 Å². The van der Waals surface area contributed by atoms with E-state index in [1.54, 1.807) is 37.6 Å².